The van der Waals surface area contributed by atoms with Gasteiger partial charge in [-0.3, -0.25) is 4.79 Å². The molecular weight excluding hydrogens is 371 g/mol. The van der Waals surface area contributed by atoms with E-state index in [4.69, 9.17) is 23.2 Å². The quantitative estimate of drug-likeness (QED) is 0.585. The van der Waals surface area contributed by atoms with Gasteiger partial charge in [-0.05, 0) is 24.1 Å². The van der Waals surface area contributed by atoms with E-state index in [2.05, 4.69) is 10.3 Å². The Balaban J connectivity index is 1.80. The largest absolute Gasteiger partial charge is 0.352 e. The molecule has 128 valence electrons. The molecule has 0 bridgehead atoms. The number of hydrogen-bond acceptors (Lipinski definition) is 4. The lowest BCUT2D eigenvalue weighted by atomic mass is 10.2. The molecule has 0 spiro atoms. The van der Waals surface area contributed by atoms with Gasteiger partial charge in [0.1, 0.15) is 10.3 Å². The van der Waals surface area contributed by atoms with Crippen molar-refractivity contribution in [1.29, 1.82) is 0 Å². The molecule has 0 aliphatic carbocycles. The molecule has 0 aliphatic rings. The number of rotatable bonds is 7. The lowest BCUT2D eigenvalue weighted by Gasteiger charge is -2.07. The molecule has 1 amide bonds. The van der Waals surface area contributed by atoms with Gasteiger partial charge in [0.2, 0.25) is 0 Å². The van der Waals surface area contributed by atoms with Gasteiger partial charge in [-0.2, -0.15) is 0 Å². The number of carbonyl (C=O) groups excluding carboxylic acids is 1. The van der Waals surface area contributed by atoms with Gasteiger partial charge in [-0.15, -0.1) is 0 Å². The van der Waals surface area contributed by atoms with Gasteiger partial charge < -0.3 is 5.32 Å². The Morgan fingerprint density at radius 3 is 2.33 bits per heavy atom. The molecular formula is C16H16Cl2N2O3S. The highest BCUT2D eigenvalue weighted by Gasteiger charge is 2.13. The SMILES string of the molecule is O=C(NCCCS(=O)(=O)Cc1ccccc1)c1cc(Cl)nc(Cl)c1. The Labute approximate surface area is 150 Å². The van der Waals surface area contributed by atoms with Crippen molar-refractivity contribution in [3.63, 3.8) is 0 Å². The van der Waals surface area contributed by atoms with Crippen molar-refractivity contribution in [2.45, 2.75) is 12.2 Å². The zero-order valence-corrected chi connectivity index (χ0v) is 15.0. The molecule has 2 aromatic rings. The van der Waals surface area contributed by atoms with E-state index in [1.54, 1.807) is 24.3 Å². The van der Waals surface area contributed by atoms with Gasteiger partial charge in [0.05, 0.1) is 11.5 Å². The van der Waals surface area contributed by atoms with E-state index in [-0.39, 0.29) is 39.8 Å². The lowest BCUT2D eigenvalue weighted by Crippen LogP contribution is -2.26. The summed E-state index contributed by atoms with van der Waals surface area (Å²) in [5.74, 6) is -0.376. The van der Waals surface area contributed by atoms with E-state index in [1.165, 1.54) is 12.1 Å². The highest BCUT2D eigenvalue weighted by atomic mass is 35.5. The Bertz CT molecular complexity index is 791. The summed E-state index contributed by atoms with van der Waals surface area (Å²) in [6.07, 6.45) is 0.327. The third kappa shape index (κ3) is 6.11. The molecule has 0 aliphatic heterocycles. The number of amides is 1. The van der Waals surface area contributed by atoms with E-state index in [9.17, 15) is 13.2 Å². The Hall–Kier alpha value is -1.63. The summed E-state index contributed by atoms with van der Waals surface area (Å²) in [5.41, 5.74) is 1.04. The number of nitrogens with one attached hydrogen (secondary N) is 1. The third-order valence-corrected chi connectivity index (χ3v) is 5.24. The smallest absolute Gasteiger partial charge is 0.251 e. The maximum Gasteiger partial charge on any atom is 0.251 e. The number of hydrogen-bond donors (Lipinski definition) is 1. The molecule has 0 radical (unpaired) electrons. The molecule has 0 saturated heterocycles. The van der Waals surface area contributed by atoms with Crippen molar-refractivity contribution in [3.05, 3.63) is 63.9 Å². The van der Waals surface area contributed by atoms with Gasteiger partial charge in [-0.1, -0.05) is 53.5 Å². The molecule has 0 atom stereocenters. The Morgan fingerprint density at radius 2 is 1.71 bits per heavy atom. The van der Waals surface area contributed by atoms with Gasteiger partial charge in [0.25, 0.3) is 5.91 Å². The summed E-state index contributed by atoms with van der Waals surface area (Å²) in [6.45, 7) is 0.240. The first-order valence-electron chi connectivity index (χ1n) is 7.21. The minimum atomic E-state index is -3.21. The van der Waals surface area contributed by atoms with Gasteiger partial charge in [-0.25, -0.2) is 13.4 Å². The maximum atomic E-state index is 12.0. The summed E-state index contributed by atoms with van der Waals surface area (Å²) in [5, 5.41) is 2.89. The average molecular weight is 387 g/mol. The van der Waals surface area contributed by atoms with E-state index in [0.717, 1.165) is 5.56 Å². The molecule has 1 N–H and O–H groups in total. The molecule has 2 rings (SSSR count). The van der Waals surface area contributed by atoms with Crippen molar-refractivity contribution < 1.29 is 13.2 Å². The number of aromatic nitrogens is 1. The van der Waals surface area contributed by atoms with Crippen molar-refractivity contribution in [3.8, 4) is 0 Å². The van der Waals surface area contributed by atoms with E-state index in [1.807, 2.05) is 6.07 Å². The zero-order chi connectivity index (χ0) is 17.6. The molecule has 1 aromatic carbocycles. The van der Waals surface area contributed by atoms with Crippen LogP contribution in [-0.2, 0) is 15.6 Å². The number of pyridine rings is 1. The van der Waals surface area contributed by atoms with Crippen LogP contribution in [0.1, 0.15) is 22.3 Å². The van der Waals surface area contributed by atoms with Crippen LogP contribution in [0.4, 0.5) is 0 Å². The molecule has 8 heteroatoms. The predicted octanol–water partition coefficient (Wildman–Crippen LogP) is 3.12. The topological polar surface area (TPSA) is 76.1 Å². The highest BCUT2D eigenvalue weighted by molar-refractivity contribution is 7.90. The second-order valence-corrected chi connectivity index (χ2v) is 8.15. The third-order valence-electron chi connectivity index (χ3n) is 3.17. The number of carbonyl (C=O) groups is 1. The van der Waals surface area contributed by atoms with Crippen molar-refractivity contribution in [1.82, 2.24) is 10.3 Å². The summed E-state index contributed by atoms with van der Waals surface area (Å²) < 4.78 is 24.1. The van der Waals surface area contributed by atoms with Crippen molar-refractivity contribution in [2.75, 3.05) is 12.3 Å². The fraction of sp³-hybridized carbons (Fsp3) is 0.250. The fourth-order valence-electron chi connectivity index (χ4n) is 2.09. The first kappa shape index (κ1) is 18.7. The van der Waals surface area contributed by atoms with E-state index >= 15 is 0 Å². The summed E-state index contributed by atoms with van der Waals surface area (Å²) in [7, 11) is -3.21. The van der Waals surface area contributed by atoms with Crippen LogP contribution in [0.25, 0.3) is 0 Å². The highest BCUT2D eigenvalue weighted by Crippen LogP contribution is 2.14. The first-order valence-corrected chi connectivity index (χ1v) is 9.79. The average Bonchev–Trinajstić information content (AvgIpc) is 2.51. The Kier molecular flexibility index (Phi) is 6.60. The minimum Gasteiger partial charge on any atom is -0.352 e. The van der Waals surface area contributed by atoms with Crippen molar-refractivity contribution >= 4 is 38.9 Å². The van der Waals surface area contributed by atoms with Crippen LogP contribution in [-0.4, -0.2) is 31.6 Å². The predicted molar refractivity (Wildman–Crippen MR) is 95.1 cm³/mol. The monoisotopic (exact) mass is 386 g/mol. The molecule has 1 heterocycles. The summed E-state index contributed by atoms with van der Waals surface area (Å²) in [6, 6.07) is 11.8. The van der Waals surface area contributed by atoms with Crippen LogP contribution >= 0.6 is 23.2 Å². The number of benzene rings is 1. The normalized spacial score (nSPS) is 11.2. The minimum absolute atomic E-state index is 0.0000316. The van der Waals surface area contributed by atoms with Crippen LogP contribution < -0.4 is 5.32 Å². The van der Waals surface area contributed by atoms with Crippen LogP contribution in [0.15, 0.2) is 42.5 Å². The van der Waals surface area contributed by atoms with Crippen LogP contribution in [0.5, 0.6) is 0 Å². The summed E-state index contributed by atoms with van der Waals surface area (Å²) >= 11 is 11.5. The zero-order valence-electron chi connectivity index (χ0n) is 12.7. The number of nitrogens with zero attached hydrogens (tertiary/aromatic N) is 1. The second kappa shape index (κ2) is 8.46. The Morgan fingerprint density at radius 1 is 1.08 bits per heavy atom. The molecule has 1 aromatic heterocycles. The molecule has 0 saturated carbocycles. The van der Waals surface area contributed by atoms with Crippen LogP contribution in [0.2, 0.25) is 10.3 Å². The van der Waals surface area contributed by atoms with Crippen LogP contribution in [0, 0.1) is 0 Å². The molecule has 24 heavy (non-hydrogen) atoms. The number of halogens is 2. The molecule has 5 nitrogen and oxygen atoms in total. The fourth-order valence-corrected chi connectivity index (χ4v) is 3.98. The van der Waals surface area contributed by atoms with E-state index in [0.29, 0.717) is 6.42 Å². The van der Waals surface area contributed by atoms with Gasteiger partial charge in [0.15, 0.2) is 9.84 Å². The lowest BCUT2D eigenvalue weighted by molar-refractivity contribution is 0.0953. The standard InChI is InChI=1S/C16H16Cl2N2O3S/c17-14-9-13(10-15(18)20-14)16(21)19-7-4-8-24(22,23)11-12-5-2-1-3-6-12/h1-3,5-6,9-10H,4,7-8,11H2,(H,19,21). The molecule has 0 fully saturated rings. The first-order chi connectivity index (χ1) is 11.4. The summed E-state index contributed by atoms with van der Waals surface area (Å²) in [4.78, 5) is 15.7. The number of sulfone groups is 1. The van der Waals surface area contributed by atoms with Gasteiger partial charge >= 0.3 is 0 Å². The van der Waals surface area contributed by atoms with Gasteiger partial charge in [0, 0.05) is 12.1 Å². The second-order valence-electron chi connectivity index (χ2n) is 5.19. The van der Waals surface area contributed by atoms with Crippen LogP contribution in [0.3, 0.4) is 0 Å². The maximum absolute atomic E-state index is 12.0. The van der Waals surface area contributed by atoms with E-state index < -0.39 is 9.84 Å². The molecule has 0 unspecified atom stereocenters. The van der Waals surface area contributed by atoms with Crippen molar-refractivity contribution in [2.24, 2.45) is 0 Å².